The van der Waals surface area contributed by atoms with E-state index in [1.807, 2.05) is 0 Å². The maximum absolute atomic E-state index is 13.0. The molecule has 1 unspecified atom stereocenters. The molecule has 0 fully saturated rings. The van der Waals surface area contributed by atoms with Crippen LogP contribution in [0.25, 0.3) is 0 Å². The fraction of sp³-hybridized carbons (Fsp3) is 0.765. The van der Waals surface area contributed by atoms with E-state index < -0.39 is 11.7 Å². The van der Waals surface area contributed by atoms with Crippen LogP contribution < -0.4 is 5.73 Å². The summed E-state index contributed by atoms with van der Waals surface area (Å²) in [6.45, 7) is 12.6. The Bertz CT molecular complexity index is 405. The molecule has 0 saturated heterocycles. The summed E-state index contributed by atoms with van der Waals surface area (Å²) in [5, 5.41) is 0. The summed E-state index contributed by atoms with van der Waals surface area (Å²) >= 11 is 1.45. The molecule has 0 rings (SSSR count). The van der Waals surface area contributed by atoms with Gasteiger partial charge >= 0.3 is 6.18 Å². The van der Waals surface area contributed by atoms with Gasteiger partial charge in [-0.25, -0.2) is 0 Å². The summed E-state index contributed by atoms with van der Waals surface area (Å²) < 4.78 is 38.9. The fourth-order valence-electron chi connectivity index (χ4n) is 1.91. The smallest absolute Gasteiger partial charge is 0.326 e. The molecule has 0 bridgehead atoms. The van der Waals surface area contributed by atoms with Crippen molar-refractivity contribution in [3.8, 4) is 0 Å². The zero-order chi connectivity index (χ0) is 17.6. The molecule has 1 atom stereocenters. The van der Waals surface area contributed by atoms with E-state index >= 15 is 0 Å². The molecule has 0 heterocycles. The van der Waals surface area contributed by atoms with Crippen LogP contribution in [-0.2, 0) is 0 Å². The normalized spacial score (nSPS) is 17.5. The van der Waals surface area contributed by atoms with Gasteiger partial charge < -0.3 is 5.73 Å². The lowest BCUT2D eigenvalue weighted by Crippen LogP contribution is -2.34. The Morgan fingerprint density at radius 2 is 1.64 bits per heavy atom. The number of hydrogen-bond acceptors (Lipinski definition) is 2. The van der Waals surface area contributed by atoms with Gasteiger partial charge in [0.05, 0.1) is 5.57 Å². The number of thioether (sulfide) groups is 1. The maximum atomic E-state index is 13.0. The van der Waals surface area contributed by atoms with E-state index in [-0.39, 0.29) is 17.4 Å². The molecule has 1 nitrogen and oxygen atoms in total. The standard InChI is InChI=1S/C17H30F3NS/c1-7-9-13(17(18,19)20)10-14(11-21)22-12-16(6,8-2)15(3,4)5/h9-10H,7-8,11-12,21H2,1-6H3/b13-9+,14-10+. The van der Waals surface area contributed by atoms with E-state index in [0.717, 1.165) is 12.2 Å². The van der Waals surface area contributed by atoms with Gasteiger partial charge in [0.1, 0.15) is 0 Å². The second kappa shape index (κ2) is 8.44. The van der Waals surface area contributed by atoms with Crippen molar-refractivity contribution in [2.75, 3.05) is 12.3 Å². The van der Waals surface area contributed by atoms with Crippen molar-refractivity contribution in [1.82, 2.24) is 0 Å². The summed E-state index contributed by atoms with van der Waals surface area (Å²) in [6, 6.07) is 0. The molecule has 22 heavy (non-hydrogen) atoms. The predicted octanol–water partition coefficient (Wildman–Crippen LogP) is 5.92. The molecule has 130 valence electrons. The molecule has 0 aliphatic rings. The summed E-state index contributed by atoms with van der Waals surface area (Å²) in [7, 11) is 0. The number of rotatable bonds is 7. The minimum atomic E-state index is -4.32. The number of alkyl halides is 3. The molecule has 0 spiro atoms. The lowest BCUT2D eigenvalue weighted by Gasteiger charge is -2.41. The van der Waals surface area contributed by atoms with E-state index in [1.165, 1.54) is 23.9 Å². The van der Waals surface area contributed by atoms with E-state index in [9.17, 15) is 13.2 Å². The van der Waals surface area contributed by atoms with E-state index in [4.69, 9.17) is 5.73 Å². The first-order chi connectivity index (χ1) is 9.91. The average Bonchev–Trinajstić information content (AvgIpc) is 2.39. The van der Waals surface area contributed by atoms with Crippen LogP contribution >= 0.6 is 11.8 Å². The number of hydrogen-bond donors (Lipinski definition) is 1. The highest BCUT2D eigenvalue weighted by atomic mass is 32.2. The van der Waals surface area contributed by atoms with Crippen molar-refractivity contribution in [3.63, 3.8) is 0 Å². The Kier molecular flexibility index (Phi) is 8.28. The van der Waals surface area contributed by atoms with Crippen molar-refractivity contribution in [2.24, 2.45) is 16.6 Å². The van der Waals surface area contributed by atoms with Crippen LogP contribution in [0.3, 0.4) is 0 Å². The molecular weight excluding hydrogens is 307 g/mol. The largest absolute Gasteiger partial charge is 0.416 e. The number of nitrogens with two attached hydrogens (primary N) is 1. The molecule has 0 amide bonds. The van der Waals surface area contributed by atoms with Gasteiger partial charge in [-0.1, -0.05) is 47.6 Å². The van der Waals surface area contributed by atoms with Gasteiger partial charge in [-0.2, -0.15) is 13.2 Å². The molecule has 2 N–H and O–H groups in total. The maximum Gasteiger partial charge on any atom is 0.416 e. The van der Waals surface area contributed by atoms with Gasteiger partial charge in [-0.15, -0.1) is 11.8 Å². The summed E-state index contributed by atoms with van der Waals surface area (Å²) in [5.74, 6) is 0.757. The van der Waals surface area contributed by atoms with Gasteiger partial charge in [0, 0.05) is 12.3 Å². The second-order valence-electron chi connectivity index (χ2n) is 6.83. The zero-order valence-corrected chi connectivity index (χ0v) is 15.4. The van der Waals surface area contributed by atoms with Crippen molar-refractivity contribution in [1.29, 1.82) is 0 Å². The van der Waals surface area contributed by atoms with Gasteiger partial charge in [0.15, 0.2) is 0 Å². The number of allylic oxidation sites excluding steroid dienone is 3. The SMILES string of the molecule is CC/C=C(\C=C(/CN)SCC(C)(CC)C(C)(C)C)C(F)(F)F. The van der Waals surface area contributed by atoms with Crippen LogP contribution in [0, 0.1) is 10.8 Å². The van der Waals surface area contributed by atoms with Gasteiger partial charge in [0.2, 0.25) is 0 Å². The van der Waals surface area contributed by atoms with Gasteiger partial charge in [-0.3, -0.25) is 0 Å². The minimum Gasteiger partial charge on any atom is -0.326 e. The van der Waals surface area contributed by atoms with E-state index in [2.05, 4.69) is 34.6 Å². The third-order valence-electron chi connectivity index (χ3n) is 4.44. The van der Waals surface area contributed by atoms with Crippen LogP contribution in [0.1, 0.15) is 54.4 Å². The summed E-state index contributed by atoms with van der Waals surface area (Å²) in [6.07, 6.45) is -0.595. The highest BCUT2D eigenvalue weighted by molar-refractivity contribution is 8.03. The van der Waals surface area contributed by atoms with Crippen molar-refractivity contribution in [3.05, 3.63) is 22.6 Å². The zero-order valence-electron chi connectivity index (χ0n) is 14.6. The molecule has 0 aliphatic heterocycles. The van der Waals surface area contributed by atoms with Crippen LogP contribution in [-0.4, -0.2) is 18.5 Å². The molecule has 0 aromatic rings. The molecule has 5 heteroatoms. The Morgan fingerprint density at radius 1 is 1.09 bits per heavy atom. The molecule has 0 aromatic heterocycles. The van der Waals surface area contributed by atoms with Gasteiger partial charge in [-0.05, 0) is 34.7 Å². The first-order valence-electron chi connectivity index (χ1n) is 7.72. The van der Waals surface area contributed by atoms with Crippen LogP contribution in [0.5, 0.6) is 0 Å². The molecule has 0 radical (unpaired) electrons. The second-order valence-corrected chi connectivity index (χ2v) is 7.93. The Morgan fingerprint density at radius 3 is 1.95 bits per heavy atom. The fourth-order valence-corrected chi connectivity index (χ4v) is 3.38. The third kappa shape index (κ3) is 6.37. The molecule has 0 saturated carbocycles. The van der Waals surface area contributed by atoms with E-state index in [0.29, 0.717) is 11.3 Å². The highest BCUT2D eigenvalue weighted by Crippen LogP contribution is 2.45. The topological polar surface area (TPSA) is 26.0 Å². The van der Waals surface area contributed by atoms with Crippen LogP contribution in [0.4, 0.5) is 13.2 Å². The quantitative estimate of drug-likeness (QED) is 0.583. The minimum absolute atomic E-state index is 0.0405. The summed E-state index contributed by atoms with van der Waals surface area (Å²) in [4.78, 5) is 0.584. The monoisotopic (exact) mass is 337 g/mol. The lowest BCUT2D eigenvalue weighted by atomic mass is 9.68. The van der Waals surface area contributed by atoms with Crippen LogP contribution in [0.2, 0.25) is 0 Å². The van der Waals surface area contributed by atoms with Crippen molar-refractivity contribution in [2.45, 2.75) is 60.6 Å². The molecule has 0 aromatic carbocycles. The van der Waals surface area contributed by atoms with Crippen molar-refractivity contribution >= 4 is 11.8 Å². The third-order valence-corrected chi connectivity index (χ3v) is 5.87. The van der Waals surface area contributed by atoms with Gasteiger partial charge in [0.25, 0.3) is 0 Å². The lowest BCUT2D eigenvalue weighted by molar-refractivity contribution is -0.0884. The molecule has 0 aliphatic carbocycles. The van der Waals surface area contributed by atoms with Crippen LogP contribution in [0.15, 0.2) is 22.6 Å². The first kappa shape index (κ1) is 21.6. The number of halogens is 3. The summed E-state index contributed by atoms with van der Waals surface area (Å²) in [5.41, 5.74) is 5.18. The molecular formula is C17H30F3NS. The van der Waals surface area contributed by atoms with E-state index in [1.54, 1.807) is 6.92 Å². The highest BCUT2D eigenvalue weighted by Gasteiger charge is 2.36. The first-order valence-corrected chi connectivity index (χ1v) is 8.70. The Labute approximate surface area is 137 Å². The van der Waals surface area contributed by atoms with Crippen molar-refractivity contribution < 1.29 is 13.2 Å². The predicted molar refractivity (Wildman–Crippen MR) is 91.9 cm³/mol. The average molecular weight is 337 g/mol. The Balaban J connectivity index is 5.22. The Hall–Kier alpha value is -0.420.